The van der Waals surface area contributed by atoms with Crippen molar-refractivity contribution in [1.82, 2.24) is 9.78 Å². The van der Waals surface area contributed by atoms with Gasteiger partial charge in [-0.3, -0.25) is 14.9 Å². The van der Waals surface area contributed by atoms with Crippen LogP contribution in [0.3, 0.4) is 0 Å². The van der Waals surface area contributed by atoms with Gasteiger partial charge in [-0.25, -0.2) is 4.68 Å². The predicted octanol–water partition coefficient (Wildman–Crippen LogP) is 5.90. The predicted molar refractivity (Wildman–Crippen MR) is 123 cm³/mol. The summed E-state index contributed by atoms with van der Waals surface area (Å²) in [6.45, 7) is 16.5. The third-order valence-electron chi connectivity index (χ3n) is 5.30. The number of hydrogen-bond donors (Lipinski definition) is 0. The smallest absolute Gasteiger partial charge is 0.277 e. The molecule has 1 aromatic heterocycles. The Balaban J connectivity index is 2.72. The van der Waals surface area contributed by atoms with Gasteiger partial charge in [-0.2, -0.15) is 5.10 Å². The summed E-state index contributed by atoms with van der Waals surface area (Å²) in [6, 6.07) is 2.96. The summed E-state index contributed by atoms with van der Waals surface area (Å²) in [5.74, 6) is 0.573. The molecule has 7 heteroatoms. The van der Waals surface area contributed by atoms with Gasteiger partial charge in [-0.05, 0) is 64.2 Å². The second-order valence-electron chi connectivity index (χ2n) is 8.53. The molecule has 0 fully saturated rings. The van der Waals surface area contributed by atoms with Crippen LogP contribution in [0, 0.1) is 29.9 Å². The van der Waals surface area contributed by atoms with Crippen LogP contribution in [0.2, 0.25) is 0 Å². The fourth-order valence-corrected chi connectivity index (χ4v) is 3.59. The van der Waals surface area contributed by atoms with Crippen molar-refractivity contribution in [2.75, 3.05) is 6.61 Å². The Kier molecular flexibility index (Phi) is 7.76. The van der Waals surface area contributed by atoms with E-state index in [0.29, 0.717) is 52.9 Å². The molecular weight excluding hydrogens is 394 g/mol. The lowest BCUT2D eigenvalue weighted by molar-refractivity contribution is -0.385. The maximum Gasteiger partial charge on any atom is 0.277 e. The highest BCUT2D eigenvalue weighted by molar-refractivity contribution is 6.12. The van der Waals surface area contributed by atoms with E-state index in [1.54, 1.807) is 24.6 Å². The zero-order chi connectivity index (χ0) is 23.5. The molecule has 31 heavy (non-hydrogen) atoms. The SMILES string of the molecule is CCCOc1c(C(=O)c2ccc([N+](=O)[O-])c(C(C)=C(C)C)c2C)c(C)nn1CC(C)C. The first-order chi connectivity index (χ1) is 14.5. The van der Waals surface area contributed by atoms with Crippen molar-refractivity contribution in [3.8, 4) is 5.88 Å². The van der Waals surface area contributed by atoms with Gasteiger partial charge >= 0.3 is 0 Å². The number of ether oxygens (including phenoxy) is 1. The minimum absolute atomic E-state index is 0.00225. The molecule has 0 spiro atoms. The minimum Gasteiger partial charge on any atom is -0.477 e. The monoisotopic (exact) mass is 427 g/mol. The van der Waals surface area contributed by atoms with E-state index in [9.17, 15) is 14.9 Å². The lowest BCUT2D eigenvalue weighted by Gasteiger charge is -2.15. The van der Waals surface area contributed by atoms with Gasteiger partial charge in [-0.1, -0.05) is 26.3 Å². The number of rotatable bonds is 9. The van der Waals surface area contributed by atoms with Gasteiger partial charge in [0, 0.05) is 18.2 Å². The van der Waals surface area contributed by atoms with E-state index in [4.69, 9.17) is 4.74 Å². The number of ketones is 1. The number of nitrogens with zero attached hydrogens (tertiary/aromatic N) is 3. The average Bonchev–Trinajstić information content (AvgIpc) is 2.98. The third kappa shape index (κ3) is 5.03. The Morgan fingerprint density at radius 3 is 2.35 bits per heavy atom. The summed E-state index contributed by atoms with van der Waals surface area (Å²) >= 11 is 0. The number of nitro benzene ring substituents is 1. The first-order valence-electron chi connectivity index (χ1n) is 10.7. The molecule has 0 saturated heterocycles. The second-order valence-corrected chi connectivity index (χ2v) is 8.53. The molecule has 0 atom stereocenters. The van der Waals surface area contributed by atoms with Crippen molar-refractivity contribution >= 4 is 17.0 Å². The summed E-state index contributed by atoms with van der Waals surface area (Å²) in [5, 5.41) is 16.2. The average molecular weight is 428 g/mol. The molecule has 1 aromatic carbocycles. The molecule has 0 aliphatic carbocycles. The lowest BCUT2D eigenvalue weighted by atomic mass is 9.90. The van der Waals surface area contributed by atoms with Crippen LogP contribution in [0.25, 0.3) is 5.57 Å². The molecule has 7 nitrogen and oxygen atoms in total. The highest BCUT2D eigenvalue weighted by Gasteiger charge is 2.29. The molecule has 0 bridgehead atoms. The van der Waals surface area contributed by atoms with Crippen LogP contribution in [0.5, 0.6) is 5.88 Å². The summed E-state index contributed by atoms with van der Waals surface area (Å²) < 4.78 is 7.72. The molecule has 0 radical (unpaired) electrons. The van der Waals surface area contributed by atoms with Gasteiger partial charge in [-0.15, -0.1) is 0 Å². The Morgan fingerprint density at radius 1 is 1.19 bits per heavy atom. The van der Waals surface area contributed by atoms with Gasteiger partial charge in [0.25, 0.3) is 5.69 Å². The number of nitro groups is 1. The van der Waals surface area contributed by atoms with Gasteiger partial charge < -0.3 is 4.74 Å². The summed E-state index contributed by atoms with van der Waals surface area (Å²) in [4.78, 5) is 24.9. The maximum atomic E-state index is 13.7. The van der Waals surface area contributed by atoms with Crippen LogP contribution in [-0.4, -0.2) is 27.1 Å². The fraction of sp³-hybridized carbons (Fsp3) is 0.500. The molecule has 168 valence electrons. The zero-order valence-electron chi connectivity index (χ0n) is 19.8. The number of carbonyl (C=O) groups is 1. The number of benzene rings is 1. The molecule has 0 aliphatic rings. The zero-order valence-corrected chi connectivity index (χ0v) is 19.8. The van der Waals surface area contributed by atoms with Crippen LogP contribution >= 0.6 is 0 Å². The van der Waals surface area contributed by atoms with Crippen molar-refractivity contribution in [2.24, 2.45) is 5.92 Å². The molecule has 0 amide bonds. The number of hydrogen-bond acceptors (Lipinski definition) is 5. The number of aromatic nitrogens is 2. The van der Waals surface area contributed by atoms with Crippen molar-refractivity contribution in [1.29, 1.82) is 0 Å². The maximum absolute atomic E-state index is 13.7. The standard InChI is InChI=1S/C24H33N3O4/c1-9-12-31-24-22(18(8)25-26(24)13-14(2)3)23(28)19-10-11-20(27(29)30)21(17(19)7)16(6)15(4)5/h10-11,14H,9,12-13H2,1-8H3. The third-order valence-corrected chi connectivity index (χ3v) is 5.30. The second kappa shape index (κ2) is 9.90. The van der Waals surface area contributed by atoms with E-state index < -0.39 is 4.92 Å². The van der Waals surface area contributed by atoms with Crippen LogP contribution < -0.4 is 4.74 Å². The number of allylic oxidation sites excluding steroid dienone is 2. The van der Waals surface area contributed by atoms with Crippen molar-refractivity contribution < 1.29 is 14.5 Å². The van der Waals surface area contributed by atoms with E-state index in [2.05, 4.69) is 18.9 Å². The Morgan fingerprint density at radius 2 is 1.84 bits per heavy atom. The summed E-state index contributed by atoms with van der Waals surface area (Å²) in [7, 11) is 0. The van der Waals surface area contributed by atoms with E-state index in [0.717, 1.165) is 17.6 Å². The summed E-state index contributed by atoms with van der Waals surface area (Å²) in [6.07, 6.45) is 0.806. The molecule has 1 heterocycles. The minimum atomic E-state index is -0.398. The van der Waals surface area contributed by atoms with Crippen LogP contribution in [0.1, 0.15) is 80.7 Å². The number of aryl methyl sites for hydroxylation is 1. The van der Waals surface area contributed by atoms with Gasteiger partial charge in [0.15, 0.2) is 0 Å². The van der Waals surface area contributed by atoms with Crippen LogP contribution in [-0.2, 0) is 6.54 Å². The molecule has 2 aromatic rings. The van der Waals surface area contributed by atoms with Gasteiger partial charge in [0.1, 0.15) is 5.56 Å². The fourth-order valence-electron chi connectivity index (χ4n) is 3.59. The Hall–Kier alpha value is -2.96. The Labute approximate surface area is 184 Å². The largest absolute Gasteiger partial charge is 0.477 e. The van der Waals surface area contributed by atoms with Gasteiger partial charge in [0.05, 0.1) is 22.8 Å². The number of carbonyl (C=O) groups excluding carboxylic acids is 1. The van der Waals surface area contributed by atoms with E-state index in [1.807, 2.05) is 27.7 Å². The summed E-state index contributed by atoms with van der Waals surface area (Å²) in [5.41, 5.74) is 4.30. The quantitative estimate of drug-likeness (QED) is 0.282. The van der Waals surface area contributed by atoms with Crippen molar-refractivity contribution in [3.05, 3.63) is 55.8 Å². The Bertz CT molecular complexity index is 1030. The normalized spacial score (nSPS) is 11.0. The van der Waals surface area contributed by atoms with Crippen LogP contribution in [0.15, 0.2) is 17.7 Å². The first kappa shape index (κ1) is 24.3. The lowest BCUT2D eigenvalue weighted by Crippen LogP contribution is -2.13. The molecule has 0 N–H and O–H groups in total. The first-order valence-corrected chi connectivity index (χ1v) is 10.7. The van der Waals surface area contributed by atoms with E-state index in [1.165, 1.54) is 6.07 Å². The van der Waals surface area contributed by atoms with Crippen molar-refractivity contribution in [2.45, 2.75) is 68.4 Å². The van der Waals surface area contributed by atoms with Crippen LogP contribution in [0.4, 0.5) is 5.69 Å². The highest BCUT2D eigenvalue weighted by Crippen LogP contribution is 2.35. The van der Waals surface area contributed by atoms with Gasteiger partial charge in [0.2, 0.25) is 11.7 Å². The van der Waals surface area contributed by atoms with E-state index in [-0.39, 0.29) is 11.5 Å². The molecular formula is C24H33N3O4. The molecule has 0 saturated carbocycles. The molecule has 0 aliphatic heterocycles. The van der Waals surface area contributed by atoms with Crippen molar-refractivity contribution in [3.63, 3.8) is 0 Å². The molecule has 0 unspecified atom stereocenters. The topological polar surface area (TPSA) is 87.3 Å². The molecule has 2 rings (SSSR count). The van der Waals surface area contributed by atoms with E-state index >= 15 is 0 Å². The highest BCUT2D eigenvalue weighted by atomic mass is 16.6.